The van der Waals surface area contributed by atoms with Crippen molar-refractivity contribution < 1.29 is 9.13 Å². The smallest absolute Gasteiger partial charge is 0.150 e. The van der Waals surface area contributed by atoms with Crippen LogP contribution < -0.4 is 4.74 Å². The van der Waals surface area contributed by atoms with Crippen molar-refractivity contribution in [2.24, 2.45) is 0 Å². The highest BCUT2D eigenvalue weighted by atomic mass is 35.5. The number of rotatable bonds is 4. The highest BCUT2D eigenvalue weighted by Gasteiger charge is 2.22. The molecule has 1 aromatic heterocycles. The molecule has 7 heteroatoms. The topological polar surface area (TPSA) is 27.1 Å². The number of aromatic nitrogens is 2. The second-order valence-corrected chi connectivity index (χ2v) is 6.26. The average molecular weight is 376 g/mol. The second-order valence-electron chi connectivity index (χ2n) is 5.24. The molecule has 0 fully saturated rings. The van der Waals surface area contributed by atoms with Crippen LogP contribution in [0.3, 0.4) is 0 Å². The summed E-state index contributed by atoms with van der Waals surface area (Å²) in [6.45, 7) is 0.234. The highest BCUT2D eigenvalue weighted by Crippen LogP contribution is 2.34. The quantitative estimate of drug-likeness (QED) is 0.722. The lowest BCUT2D eigenvalue weighted by Crippen LogP contribution is -2.03. The predicted molar refractivity (Wildman–Crippen MR) is 90.7 cm³/mol. The van der Waals surface area contributed by atoms with Crippen LogP contribution in [0.25, 0.3) is 5.69 Å². The molecule has 0 amide bonds. The summed E-state index contributed by atoms with van der Waals surface area (Å²) in [6.07, 6.45) is 5.48. The van der Waals surface area contributed by atoms with Crippen LogP contribution in [0, 0.1) is 5.82 Å². The van der Waals surface area contributed by atoms with E-state index in [4.69, 9.17) is 39.5 Å². The van der Waals surface area contributed by atoms with Crippen LogP contribution in [0.4, 0.5) is 4.39 Å². The van der Waals surface area contributed by atoms with E-state index >= 15 is 0 Å². The highest BCUT2D eigenvalue weighted by molar-refractivity contribution is 6.32. The summed E-state index contributed by atoms with van der Waals surface area (Å²) in [7, 11) is 0. The summed E-state index contributed by atoms with van der Waals surface area (Å²) in [5.74, 6) is -0.153. The van der Waals surface area contributed by atoms with Gasteiger partial charge in [-0.3, -0.25) is 0 Å². The molecule has 1 aliphatic rings. The Hall–Kier alpha value is -1.23. The second kappa shape index (κ2) is 7.12. The number of halogens is 4. The summed E-state index contributed by atoms with van der Waals surface area (Å²) in [5.41, 5.74) is 3.50. The molecule has 0 saturated carbocycles. The summed E-state index contributed by atoms with van der Waals surface area (Å²) < 4.78 is 21.3. The van der Waals surface area contributed by atoms with Crippen LogP contribution >= 0.6 is 34.8 Å². The number of benzene rings is 1. The van der Waals surface area contributed by atoms with E-state index in [9.17, 15) is 4.39 Å². The van der Waals surface area contributed by atoms with E-state index in [2.05, 4.69) is 5.10 Å². The minimum absolute atomic E-state index is 0.183. The average Bonchev–Trinajstić information content (AvgIpc) is 2.87. The first-order valence-corrected chi connectivity index (χ1v) is 8.44. The van der Waals surface area contributed by atoms with Crippen molar-refractivity contribution in [3.05, 3.63) is 51.0 Å². The van der Waals surface area contributed by atoms with Gasteiger partial charge >= 0.3 is 0 Å². The molecule has 1 aromatic carbocycles. The number of aryl methyl sites for hydroxylation is 1. The molecule has 23 heavy (non-hydrogen) atoms. The summed E-state index contributed by atoms with van der Waals surface area (Å²) in [4.78, 5) is 0. The minimum Gasteiger partial charge on any atom is -0.488 e. The lowest BCUT2D eigenvalue weighted by molar-refractivity contribution is 0.362. The third kappa shape index (κ3) is 3.35. The van der Waals surface area contributed by atoms with Gasteiger partial charge in [-0.1, -0.05) is 34.8 Å². The molecule has 0 atom stereocenters. The van der Waals surface area contributed by atoms with E-state index in [-0.39, 0.29) is 17.3 Å². The third-order valence-corrected chi connectivity index (χ3v) is 4.61. The van der Waals surface area contributed by atoms with Crippen LogP contribution in [0.1, 0.15) is 24.1 Å². The Labute approximate surface area is 148 Å². The molecule has 2 aromatic rings. The first kappa shape index (κ1) is 16.6. The molecule has 0 unspecified atom stereocenters. The van der Waals surface area contributed by atoms with Crippen molar-refractivity contribution in [2.45, 2.75) is 25.7 Å². The van der Waals surface area contributed by atoms with Crippen molar-refractivity contribution in [2.75, 3.05) is 6.61 Å². The normalized spacial score (nSPS) is 14.3. The molecule has 0 spiro atoms. The number of ether oxygens (including phenoxy) is 1. The van der Waals surface area contributed by atoms with Crippen LogP contribution in [-0.2, 0) is 12.8 Å². The monoisotopic (exact) mass is 374 g/mol. The molecule has 0 N–H and O–H groups in total. The van der Waals surface area contributed by atoms with E-state index in [0.29, 0.717) is 10.9 Å². The van der Waals surface area contributed by atoms with Gasteiger partial charge in [0.15, 0.2) is 5.82 Å². The molecular formula is C16H14Cl3FN2O. The van der Waals surface area contributed by atoms with Gasteiger partial charge in [-0.25, -0.2) is 9.07 Å². The van der Waals surface area contributed by atoms with Gasteiger partial charge in [-0.15, -0.1) is 0 Å². The Bertz CT molecular complexity index is 758. The SMILES string of the molecule is Fc1cc(Cl)c(OC/C=C/Cl)cc1-n1nc2c(c1Cl)CCCC2. The van der Waals surface area contributed by atoms with E-state index in [1.807, 2.05) is 0 Å². The number of hydrogen-bond acceptors (Lipinski definition) is 2. The standard InChI is InChI=1S/C16H14Cl3FN2O/c17-6-3-7-23-15-9-14(12(20)8-11(15)18)22-16(19)10-4-1-2-5-13(10)21-22/h3,6,8-9H,1-2,4-5,7H2/b6-3+. The van der Waals surface area contributed by atoms with Crippen molar-refractivity contribution in [3.63, 3.8) is 0 Å². The molecule has 122 valence electrons. The van der Waals surface area contributed by atoms with Crippen molar-refractivity contribution in [1.29, 1.82) is 0 Å². The molecule has 3 rings (SSSR count). The fraction of sp³-hybridized carbons (Fsp3) is 0.312. The van der Waals surface area contributed by atoms with Gasteiger partial charge in [-0.05, 0) is 37.8 Å². The Morgan fingerprint density at radius 3 is 2.78 bits per heavy atom. The zero-order chi connectivity index (χ0) is 16.4. The maximum atomic E-state index is 14.4. The third-order valence-electron chi connectivity index (χ3n) is 3.75. The van der Waals surface area contributed by atoms with Gasteiger partial charge in [-0.2, -0.15) is 5.10 Å². The first-order chi connectivity index (χ1) is 11.1. The molecular weight excluding hydrogens is 362 g/mol. The van der Waals surface area contributed by atoms with Crippen molar-refractivity contribution in [1.82, 2.24) is 9.78 Å². The van der Waals surface area contributed by atoms with Gasteiger partial charge in [0.2, 0.25) is 0 Å². The fourth-order valence-corrected chi connectivity index (χ4v) is 3.25. The summed E-state index contributed by atoms with van der Waals surface area (Å²) in [6, 6.07) is 2.71. The Morgan fingerprint density at radius 1 is 1.26 bits per heavy atom. The Morgan fingerprint density at radius 2 is 2.04 bits per heavy atom. The minimum atomic E-state index is -0.503. The fourth-order valence-electron chi connectivity index (χ4n) is 2.64. The Balaban J connectivity index is 2.02. The van der Waals surface area contributed by atoms with Gasteiger partial charge in [0.25, 0.3) is 0 Å². The maximum Gasteiger partial charge on any atom is 0.150 e. The van der Waals surface area contributed by atoms with E-state index in [0.717, 1.165) is 36.9 Å². The number of nitrogens with zero attached hydrogens (tertiary/aromatic N) is 2. The lowest BCUT2D eigenvalue weighted by Gasteiger charge is -2.11. The van der Waals surface area contributed by atoms with Gasteiger partial charge in [0.05, 0.1) is 10.7 Å². The number of hydrogen-bond donors (Lipinski definition) is 0. The summed E-state index contributed by atoms with van der Waals surface area (Å²) in [5, 5.41) is 5.09. The molecule has 0 saturated heterocycles. The lowest BCUT2D eigenvalue weighted by atomic mass is 9.99. The summed E-state index contributed by atoms with van der Waals surface area (Å²) >= 11 is 17.9. The molecule has 3 nitrogen and oxygen atoms in total. The van der Waals surface area contributed by atoms with Crippen LogP contribution in [0.2, 0.25) is 10.2 Å². The molecule has 1 aliphatic carbocycles. The Kier molecular flexibility index (Phi) is 5.14. The molecule has 1 heterocycles. The molecule has 0 bridgehead atoms. The first-order valence-electron chi connectivity index (χ1n) is 7.25. The predicted octanol–water partition coefficient (Wildman–Crippen LogP) is 5.33. The van der Waals surface area contributed by atoms with E-state index in [1.54, 1.807) is 6.08 Å². The van der Waals surface area contributed by atoms with Gasteiger partial charge in [0.1, 0.15) is 23.2 Å². The molecule has 0 radical (unpaired) electrons. The van der Waals surface area contributed by atoms with Crippen LogP contribution in [0.5, 0.6) is 5.75 Å². The maximum absolute atomic E-state index is 14.4. The molecule has 0 aliphatic heterocycles. The van der Waals surface area contributed by atoms with E-state index < -0.39 is 5.82 Å². The van der Waals surface area contributed by atoms with Crippen LogP contribution in [0.15, 0.2) is 23.7 Å². The van der Waals surface area contributed by atoms with E-state index in [1.165, 1.54) is 22.3 Å². The zero-order valence-corrected chi connectivity index (χ0v) is 14.4. The number of fused-ring (bicyclic) bond motifs is 1. The van der Waals surface area contributed by atoms with Crippen molar-refractivity contribution in [3.8, 4) is 11.4 Å². The largest absolute Gasteiger partial charge is 0.488 e. The van der Waals surface area contributed by atoms with Crippen LogP contribution in [-0.4, -0.2) is 16.4 Å². The van der Waals surface area contributed by atoms with Crippen molar-refractivity contribution >= 4 is 34.8 Å². The zero-order valence-electron chi connectivity index (χ0n) is 12.2. The van der Waals surface area contributed by atoms with Gasteiger partial charge < -0.3 is 4.74 Å². The van der Waals surface area contributed by atoms with Gasteiger partial charge in [0, 0.05) is 17.2 Å².